The normalized spacial score (nSPS) is 14.7. The molecule has 0 atom stereocenters. The van der Waals surface area contributed by atoms with Crippen molar-refractivity contribution in [3.05, 3.63) is 324 Å². The van der Waals surface area contributed by atoms with Crippen molar-refractivity contribution in [3.8, 4) is 54.5 Å². The van der Waals surface area contributed by atoms with Crippen molar-refractivity contribution < 1.29 is 0 Å². The smallest absolute Gasteiger partial charge is 0.124 e. The summed E-state index contributed by atoms with van der Waals surface area (Å²) in [7, 11) is 0. The van der Waals surface area contributed by atoms with Crippen LogP contribution < -0.4 is 9.80 Å². The third-order valence-corrected chi connectivity index (χ3v) is 21.2. The summed E-state index contributed by atoms with van der Waals surface area (Å²) in [6.45, 7) is 9.55. The molecule has 0 radical (unpaired) electrons. The van der Waals surface area contributed by atoms with Gasteiger partial charge in [-0.25, -0.2) is 9.97 Å². The van der Waals surface area contributed by atoms with E-state index in [4.69, 9.17) is 9.97 Å². The molecule has 4 heterocycles. The number of anilines is 6. The third kappa shape index (κ3) is 7.87. The van der Waals surface area contributed by atoms with Crippen LogP contribution in [-0.2, 0) is 16.2 Å². The Morgan fingerprint density at radius 1 is 0.287 bits per heavy atom. The number of para-hydroxylation sites is 4. The summed E-state index contributed by atoms with van der Waals surface area (Å²) in [6.07, 6.45) is 0. The van der Waals surface area contributed by atoms with Gasteiger partial charge in [-0.3, -0.25) is 0 Å². The minimum absolute atomic E-state index is 0.285. The molecule has 0 amide bonds. The van der Waals surface area contributed by atoms with Gasteiger partial charge >= 0.3 is 0 Å². The van der Waals surface area contributed by atoms with Crippen LogP contribution in [-0.4, -0.2) is 9.97 Å². The van der Waals surface area contributed by atoms with Crippen molar-refractivity contribution in [3.63, 3.8) is 0 Å². The highest BCUT2D eigenvalue weighted by Crippen LogP contribution is 2.61. The van der Waals surface area contributed by atoms with Gasteiger partial charge in [0.05, 0.1) is 48.6 Å². The molecule has 4 nitrogen and oxygen atoms in total. The van der Waals surface area contributed by atoms with Gasteiger partial charge in [0.1, 0.15) is 10.0 Å². The first-order valence-corrected chi connectivity index (χ1v) is 31.7. The first-order valence-electron chi connectivity index (χ1n) is 30.0. The quantitative estimate of drug-likeness (QED) is 0.152. The zero-order valence-electron chi connectivity index (χ0n) is 48.7. The fraction of sp³-hybridized carbons (Fsp3) is 0.0864. The Morgan fingerprint density at radius 3 is 1.07 bits per heavy atom. The zero-order chi connectivity index (χ0) is 58.2. The highest BCUT2D eigenvalue weighted by molar-refractivity contribution is 7.22. The van der Waals surface area contributed by atoms with E-state index in [2.05, 4.69) is 317 Å². The predicted octanol–water partition coefficient (Wildman–Crippen LogP) is 22.2. The summed E-state index contributed by atoms with van der Waals surface area (Å²) in [5, 5.41) is 2.08. The maximum Gasteiger partial charge on any atom is 0.124 e. The maximum absolute atomic E-state index is 4.97. The first kappa shape index (κ1) is 51.4. The third-order valence-electron chi connectivity index (χ3n) is 19.0. The van der Waals surface area contributed by atoms with Crippen molar-refractivity contribution in [1.82, 2.24) is 9.97 Å². The van der Waals surface area contributed by atoms with Gasteiger partial charge in [-0.15, -0.1) is 22.7 Å². The Morgan fingerprint density at radius 2 is 0.644 bits per heavy atom. The lowest BCUT2D eigenvalue weighted by Gasteiger charge is -2.43. The van der Waals surface area contributed by atoms with Crippen molar-refractivity contribution >= 4 is 77.2 Å². The molecule has 2 aromatic heterocycles. The molecule has 3 aliphatic rings. The molecule has 0 spiro atoms. The number of fused-ring (bicyclic) bond motifs is 9. The van der Waals surface area contributed by atoms with E-state index < -0.39 is 5.41 Å². The van der Waals surface area contributed by atoms with E-state index in [1.165, 1.54) is 110 Å². The van der Waals surface area contributed by atoms with E-state index in [0.717, 1.165) is 43.6 Å². The van der Waals surface area contributed by atoms with E-state index in [1.807, 2.05) is 0 Å². The van der Waals surface area contributed by atoms with Gasteiger partial charge in [-0.05, 0) is 163 Å². The van der Waals surface area contributed by atoms with Gasteiger partial charge in [-0.2, -0.15) is 0 Å². The molecule has 87 heavy (non-hydrogen) atoms. The number of benzene rings is 12. The standard InChI is InChI=1S/C81H58N4S2/c1-79(2)63-23-11-15-27-71(63)84(73-45-39-55(47-67(73)79)51-31-35-53(36-32-51)77-82-69-25-13-17-29-75(69)86-77)59-41-43-61-62-44-42-60(50-66(62)81(65(61)49-59,57-19-7-5-8-20-57)58-21-9-6-10-22-58)85-72-28-16-12-24-64(72)80(3,4)68-48-56(40-46-74(68)85)52-33-37-54(38-34-52)78-83-70-26-14-18-30-76(70)87-78/h5-50H,1-4H3. The van der Waals surface area contributed by atoms with Crippen LogP contribution in [0.3, 0.4) is 0 Å². The number of nitrogens with zero attached hydrogens (tertiary/aromatic N) is 4. The average molecular weight is 1150 g/mol. The topological polar surface area (TPSA) is 32.3 Å². The monoisotopic (exact) mass is 1150 g/mol. The fourth-order valence-electron chi connectivity index (χ4n) is 14.7. The van der Waals surface area contributed by atoms with Crippen molar-refractivity contribution in [2.75, 3.05) is 9.80 Å². The molecule has 0 fully saturated rings. The molecule has 17 rings (SSSR count). The maximum atomic E-state index is 4.97. The van der Waals surface area contributed by atoms with Crippen molar-refractivity contribution in [1.29, 1.82) is 0 Å². The Hall–Kier alpha value is -9.98. The molecule has 0 bridgehead atoms. The number of thiazole rings is 2. The largest absolute Gasteiger partial charge is 0.310 e. The van der Waals surface area contributed by atoms with Crippen molar-refractivity contribution in [2.24, 2.45) is 0 Å². The van der Waals surface area contributed by atoms with Crippen LogP contribution in [0, 0.1) is 0 Å². The zero-order valence-corrected chi connectivity index (χ0v) is 50.3. The summed E-state index contributed by atoms with van der Waals surface area (Å²) in [5.41, 5.74) is 27.5. The molecule has 0 N–H and O–H groups in total. The molecular weight excluding hydrogens is 1090 g/mol. The first-order chi connectivity index (χ1) is 42.6. The molecule has 6 heteroatoms. The summed E-state index contributed by atoms with van der Waals surface area (Å²) < 4.78 is 2.41. The molecule has 2 aliphatic heterocycles. The highest BCUT2D eigenvalue weighted by Gasteiger charge is 2.48. The van der Waals surface area contributed by atoms with Crippen LogP contribution in [0.4, 0.5) is 34.1 Å². The van der Waals surface area contributed by atoms with Crippen LogP contribution in [0.15, 0.2) is 279 Å². The lowest BCUT2D eigenvalue weighted by molar-refractivity contribution is 0.632. The van der Waals surface area contributed by atoms with Gasteiger partial charge in [0.15, 0.2) is 0 Å². The minimum Gasteiger partial charge on any atom is -0.310 e. The molecular formula is C81H58N4S2. The van der Waals surface area contributed by atoms with E-state index in [-0.39, 0.29) is 10.8 Å². The van der Waals surface area contributed by atoms with E-state index in [0.29, 0.717) is 0 Å². The number of rotatable bonds is 8. The van der Waals surface area contributed by atoms with E-state index >= 15 is 0 Å². The van der Waals surface area contributed by atoms with Gasteiger partial charge in [0.25, 0.3) is 0 Å². The van der Waals surface area contributed by atoms with Gasteiger partial charge < -0.3 is 9.80 Å². The highest BCUT2D eigenvalue weighted by atomic mass is 32.1. The Kier molecular flexibility index (Phi) is 11.5. The number of hydrogen-bond acceptors (Lipinski definition) is 6. The Labute approximate surface area is 515 Å². The summed E-state index contributed by atoms with van der Waals surface area (Å²) >= 11 is 3.49. The van der Waals surface area contributed by atoms with Crippen LogP contribution >= 0.6 is 22.7 Å². The minimum atomic E-state index is -0.684. The molecule has 414 valence electrons. The van der Waals surface area contributed by atoms with Crippen LogP contribution in [0.2, 0.25) is 0 Å². The van der Waals surface area contributed by atoms with Gasteiger partial charge in [0, 0.05) is 33.3 Å². The molecule has 14 aromatic rings. The van der Waals surface area contributed by atoms with Crippen LogP contribution in [0.1, 0.15) is 72.2 Å². The van der Waals surface area contributed by atoms with Gasteiger partial charge in [0.2, 0.25) is 0 Å². The summed E-state index contributed by atoms with van der Waals surface area (Å²) in [4.78, 5) is 15.0. The fourth-order valence-corrected chi connectivity index (χ4v) is 16.6. The predicted molar refractivity (Wildman–Crippen MR) is 365 cm³/mol. The molecule has 12 aromatic carbocycles. The SMILES string of the molecule is CC1(C)c2ccccc2N(c2ccc3c(c2)C(c2ccccc2)(c2ccccc2)c2cc(N4c5ccccc5C(C)(C)c5cc(-c6ccc(-c7nc8ccccc8s7)cc6)ccc54)ccc2-3)c2ccc(-c3ccc(-c4nc5ccccc5s4)cc3)cc21. The van der Waals surface area contributed by atoms with Crippen LogP contribution in [0.25, 0.3) is 75.0 Å². The number of aromatic nitrogens is 2. The van der Waals surface area contributed by atoms with E-state index in [1.54, 1.807) is 22.7 Å². The summed E-state index contributed by atoms with van der Waals surface area (Å²) in [6, 6.07) is 104. The second-order valence-corrected chi connectivity index (χ2v) is 26.6. The van der Waals surface area contributed by atoms with E-state index in [9.17, 15) is 0 Å². The number of hydrogen-bond donors (Lipinski definition) is 0. The molecule has 1 aliphatic carbocycles. The lowest BCUT2D eigenvalue weighted by Crippen LogP contribution is -2.32. The molecule has 0 saturated carbocycles. The second kappa shape index (κ2) is 19.5. The average Bonchev–Trinajstić information content (AvgIpc) is 1.70. The molecule has 0 unspecified atom stereocenters. The second-order valence-electron chi connectivity index (χ2n) is 24.5. The Bertz CT molecular complexity index is 4670. The summed E-state index contributed by atoms with van der Waals surface area (Å²) in [5.74, 6) is 0. The lowest BCUT2D eigenvalue weighted by atomic mass is 9.67. The molecule has 0 saturated heterocycles. The Balaban J connectivity index is 0.800. The van der Waals surface area contributed by atoms with Crippen molar-refractivity contribution in [2.45, 2.75) is 43.9 Å². The van der Waals surface area contributed by atoms with Crippen LogP contribution in [0.5, 0.6) is 0 Å². The van der Waals surface area contributed by atoms with Gasteiger partial charge in [-0.1, -0.05) is 222 Å².